The van der Waals surface area contributed by atoms with E-state index in [4.69, 9.17) is 9.15 Å². The number of aryl methyl sites for hydroxylation is 1. The van der Waals surface area contributed by atoms with Crippen LogP contribution in [-0.2, 0) is 20.7 Å². The normalized spacial score (nSPS) is 17.2. The van der Waals surface area contributed by atoms with Crippen LogP contribution in [0.15, 0.2) is 64.5 Å². The molecular weight excluding hydrogens is 334 g/mol. The van der Waals surface area contributed by atoms with Crippen LogP contribution in [0.4, 0.5) is 0 Å². The number of methoxy groups -OCH3 is 1. The molecule has 1 aliphatic rings. The number of furan rings is 1. The zero-order valence-corrected chi connectivity index (χ0v) is 14.6. The second-order valence-corrected chi connectivity index (χ2v) is 6.08. The Morgan fingerprint density at radius 2 is 2.00 bits per heavy atom. The minimum atomic E-state index is -0.726. The van der Waals surface area contributed by atoms with E-state index in [0.29, 0.717) is 18.8 Å². The molecule has 2 heterocycles. The SMILES string of the molecule is COCCN1C(=O)C(O)=C(C(=O)CCc2ccccc2)C1c1ccco1. The van der Waals surface area contributed by atoms with Gasteiger partial charge in [-0.1, -0.05) is 30.3 Å². The summed E-state index contributed by atoms with van der Waals surface area (Å²) < 4.78 is 10.5. The summed E-state index contributed by atoms with van der Waals surface area (Å²) in [7, 11) is 1.53. The minimum Gasteiger partial charge on any atom is -0.503 e. The van der Waals surface area contributed by atoms with E-state index >= 15 is 0 Å². The number of aliphatic hydroxyl groups is 1. The minimum absolute atomic E-state index is 0.0944. The topological polar surface area (TPSA) is 80.0 Å². The Morgan fingerprint density at radius 3 is 2.65 bits per heavy atom. The number of hydrogen-bond acceptors (Lipinski definition) is 5. The van der Waals surface area contributed by atoms with Crippen LogP contribution in [0.2, 0.25) is 0 Å². The maximum absolute atomic E-state index is 12.8. The van der Waals surface area contributed by atoms with Gasteiger partial charge in [-0.3, -0.25) is 9.59 Å². The van der Waals surface area contributed by atoms with Crippen molar-refractivity contribution >= 4 is 11.7 Å². The third kappa shape index (κ3) is 3.55. The number of aliphatic hydroxyl groups excluding tert-OH is 1. The second kappa shape index (κ2) is 8.01. The lowest BCUT2D eigenvalue weighted by atomic mass is 9.96. The summed E-state index contributed by atoms with van der Waals surface area (Å²) in [6, 6.07) is 12.3. The Bertz CT molecular complexity index is 795. The molecule has 26 heavy (non-hydrogen) atoms. The van der Waals surface area contributed by atoms with E-state index in [1.165, 1.54) is 18.3 Å². The van der Waals surface area contributed by atoms with Crippen LogP contribution in [0.3, 0.4) is 0 Å². The number of hydrogen-bond donors (Lipinski definition) is 1. The molecule has 2 aromatic rings. The van der Waals surface area contributed by atoms with Gasteiger partial charge in [0.2, 0.25) is 0 Å². The van der Waals surface area contributed by atoms with Gasteiger partial charge in [-0.25, -0.2) is 0 Å². The summed E-state index contributed by atoms with van der Waals surface area (Å²) in [6.45, 7) is 0.544. The van der Waals surface area contributed by atoms with Crippen molar-refractivity contribution in [3.8, 4) is 0 Å². The van der Waals surface area contributed by atoms with Gasteiger partial charge in [0.1, 0.15) is 11.8 Å². The molecule has 0 saturated carbocycles. The lowest BCUT2D eigenvalue weighted by Crippen LogP contribution is -2.33. The molecule has 136 valence electrons. The highest BCUT2D eigenvalue weighted by molar-refractivity contribution is 6.08. The van der Waals surface area contributed by atoms with Crippen LogP contribution in [-0.4, -0.2) is 42.0 Å². The number of amides is 1. The first-order valence-corrected chi connectivity index (χ1v) is 8.47. The van der Waals surface area contributed by atoms with Crippen molar-refractivity contribution < 1.29 is 23.8 Å². The molecule has 1 atom stereocenters. The summed E-state index contributed by atoms with van der Waals surface area (Å²) in [6.07, 6.45) is 2.22. The molecule has 6 heteroatoms. The van der Waals surface area contributed by atoms with Crippen LogP contribution >= 0.6 is 0 Å². The van der Waals surface area contributed by atoms with E-state index in [9.17, 15) is 14.7 Å². The fourth-order valence-electron chi connectivity index (χ4n) is 3.14. The van der Waals surface area contributed by atoms with Crippen molar-refractivity contribution in [3.63, 3.8) is 0 Å². The van der Waals surface area contributed by atoms with Gasteiger partial charge in [0.05, 0.1) is 18.4 Å². The number of rotatable bonds is 8. The average molecular weight is 355 g/mol. The number of Topliss-reactive ketones (excluding diaryl/α,β-unsaturated/α-hetero) is 1. The largest absolute Gasteiger partial charge is 0.503 e. The lowest BCUT2D eigenvalue weighted by Gasteiger charge is -2.24. The smallest absolute Gasteiger partial charge is 0.290 e. The number of ketones is 1. The van der Waals surface area contributed by atoms with E-state index in [1.54, 1.807) is 12.1 Å². The summed E-state index contributed by atoms with van der Waals surface area (Å²) in [5.41, 5.74) is 1.12. The molecule has 0 fully saturated rings. The molecule has 0 radical (unpaired) electrons. The zero-order chi connectivity index (χ0) is 18.5. The zero-order valence-electron chi connectivity index (χ0n) is 14.6. The fraction of sp³-hybridized carbons (Fsp3) is 0.300. The molecule has 1 amide bonds. The maximum atomic E-state index is 12.8. The molecule has 3 rings (SSSR count). The first-order chi connectivity index (χ1) is 12.6. The number of carbonyl (C=O) groups is 2. The molecule has 0 bridgehead atoms. The van der Waals surface area contributed by atoms with Crippen molar-refractivity contribution in [2.24, 2.45) is 0 Å². The third-order valence-electron chi connectivity index (χ3n) is 4.44. The third-order valence-corrected chi connectivity index (χ3v) is 4.44. The maximum Gasteiger partial charge on any atom is 0.290 e. The van der Waals surface area contributed by atoms with Crippen LogP contribution in [0.25, 0.3) is 0 Å². The van der Waals surface area contributed by atoms with Gasteiger partial charge in [-0.05, 0) is 24.1 Å². The van der Waals surface area contributed by atoms with Gasteiger partial charge < -0.3 is 19.2 Å². The molecule has 0 spiro atoms. The van der Waals surface area contributed by atoms with Gasteiger partial charge in [-0.2, -0.15) is 0 Å². The van der Waals surface area contributed by atoms with E-state index < -0.39 is 17.7 Å². The number of nitrogens with zero attached hydrogens (tertiary/aromatic N) is 1. The predicted molar refractivity (Wildman–Crippen MR) is 94.5 cm³/mol. The Labute approximate surface area is 151 Å². The average Bonchev–Trinajstić information content (AvgIpc) is 3.27. The van der Waals surface area contributed by atoms with Crippen molar-refractivity contribution in [1.29, 1.82) is 0 Å². The van der Waals surface area contributed by atoms with Crippen LogP contribution < -0.4 is 0 Å². The summed E-state index contributed by atoms with van der Waals surface area (Å²) in [5.74, 6) is -0.894. The van der Waals surface area contributed by atoms with Crippen molar-refractivity contribution in [3.05, 3.63) is 71.4 Å². The van der Waals surface area contributed by atoms with Gasteiger partial charge in [0.15, 0.2) is 11.5 Å². The molecule has 1 unspecified atom stereocenters. The van der Waals surface area contributed by atoms with E-state index in [0.717, 1.165) is 5.56 Å². The van der Waals surface area contributed by atoms with Gasteiger partial charge >= 0.3 is 0 Å². The second-order valence-electron chi connectivity index (χ2n) is 6.08. The van der Waals surface area contributed by atoms with E-state index in [-0.39, 0.29) is 24.3 Å². The Balaban J connectivity index is 1.84. The van der Waals surface area contributed by atoms with Crippen molar-refractivity contribution in [1.82, 2.24) is 4.90 Å². The van der Waals surface area contributed by atoms with Gasteiger partial charge in [0.25, 0.3) is 5.91 Å². The molecule has 1 aromatic carbocycles. The Morgan fingerprint density at radius 1 is 1.23 bits per heavy atom. The van der Waals surface area contributed by atoms with Gasteiger partial charge in [0, 0.05) is 20.1 Å². The highest BCUT2D eigenvalue weighted by atomic mass is 16.5. The Kier molecular flexibility index (Phi) is 5.53. The first kappa shape index (κ1) is 17.9. The monoisotopic (exact) mass is 355 g/mol. The number of ether oxygens (including phenoxy) is 1. The van der Waals surface area contributed by atoms with E-state index in [2.05, 4.69) is 0 Å². The molecule has 1 aliphatic heterocycles. The predicted octanol–water partition coefficient (Wildman–Crippen LogP) is 2.82. The van der Waals surface area contributed by atoms with Crippen molar-refractivity contribution in [2.45, 2.75) is 18.9 Å². The van der Waals surface area contributed by atoms with Gasteiger partial charge in [-0.15, -0.1) is 0 Å². The standard InChI is InChI=1S/C20H21NO5/c1-25-13-11-21-18(16-8-5-12-26-16)17(19(23)20(21)24)15(22)10-9-14-6-3-2-4-7-14/h2-8,12,18,23H,9-11,13H2,1H3. The van der Waals surface area contributed by atoms with Crippen LogP contribution in [0, 0.1) is 0 Å². The summed E-state index contributed by atoms with van der Waals surface area (Å²) >= 11 is 0. The van der Waals surface area contributed by atoms with Crippen LogP contribution in [0.1, 0.15) is 23.8 Å². The quantitative estimate of drug-likeness (QED) is 0.788. The highest BCUT2D eigenvalue weighted by Crippen LogP contribution is 2.38. The van der Waals surface area contributed by atoms with E-state index in [1.807, 2.05) is 30.3 Å². The molecule has 1 aromatic heterocycles. The molecule has 6 nitrogen and oxygen atoms in total. The number of carbonyl (C=O) groups excluding carboxylic acids is 2. The highest BCUT2D eigenvalue weighted by Gasteiger charge is 2.44. The summed E-state index contributed by atoms with van der Waals surface area (Å²) in [5, 5.41) is 10.3. The molecular formula is C20H21NO5. The lowest BCUT2D eigenvalue weighted by molar-refractivity contribution is -0.130. The molecule has 0 aliphatic carbocycles. The number of benzene rings is 1. The molecule has 1 N–H and O–H groups in total. The van der Waals surface area contributed by atoms with Crippen LogP contribution in [0.5, 0.6) is 0 Å². The first-order valence-electron chi connectivity index (χ1n) is 8.47. The Hall–Kier alpha value is -2.86. The fourth-order valence-corrected chi connectivity index (χ4v) is 3.14. The van der Waals surface area contributed by atoms with Crippen molar-refractivity contribution in [2.75, 3.05) is 20.3 Å². The summed E-state index contributed by atoms with van der Waals surface area (Å²) in [4.78, 5) is 26.7. The molecule has 0 saturated heterocycles.